The topological polar surface area (TPSA) is 152 Å². The average molecular weight is 560 g/mol. The number of carbonyl (C=O) groups excluding carboxylic acids is 5. The summed E-state index contributed by atoms with van der Waals surface area (Å²) in [7, 11) is 0. The minimum absolute atomic E-state index is 0.0663. The molecule has 11 nitrogen and oxygen atoms in total. The number of Topliss-reactive ketones (excluding diaryl/α,β-unsaturated/α-hetero) is 2. The number of hydrogen-bond acceptors (Lipinski definition) is 8. The monoisotopic (exact) mass is 559 g/mol. The molecule has 3 aromatic rings. The number of ketones is 2. The number of rotatable bonds is 11. The normalized spacial score (nSPS) is 14.9. The van der Waals surface area contributed by atoms with E-state index in [1.807, 2.05) is 31.2 Å². The molecule has 3 amide bonds. The summed E-state index contributed by atoms with van der Waals surface area (Å²) in [6, 6.07) is 12.3. The second-order valence-corrected chi connectivity index (χ2v) is 10.6. The molecular weight excluding hydrogens is 526 g/mol. The van der Waals surface area contributed by atoms with Crippen molar-refractivity contribution in [2.24, 2.45) is 5.92 Å². The maximum atomic E-state index is 13.8. The van der Waals surface area contributed by atoms with Crippen molar-refractivity contribution in [1.29, 1.82) is 0 Å². The first-order valence-corrected chi connectivity index (χ1v) is 13.4. The molecule has 1 aliphatic heterocycles. The Hall–Kier alpha value is -4.67. The molecule has 11 heteroatoms. The van der Waals surface area contributed by atoms with Crippen molar-refractivity contribution in [2.75, 3.05) is 13.1 Å². The fourth-order valence-electron chi connectivity index (χ4n) is 4.76. The van der Waals surface area contributed by atoms with Gasteiger partial charge in [0.25, 0.3) is 5.89 Å². The Labute approximate surface area is 237 Å². The molecule has 1 aromatic heterocycles. The summed E-state index contributed by atoms with van der Waals surface area (Å²) in [5, 5.41) is 13.2. The molecular formula is C30H33N5O6. The van der Waals surface area contributed by atoms with Gasteiger partial charge in [0.1, 0.15) is 18.4 Å². The third-order valence-corrected chi connectivity index (χ3v) is 6.71. The SMILES string of the molecule is CC(=O)Cc1cccc(C(C(=O)NC(C(=O)c2nnc(Cc3cccc(C)c3)o2)C(C)C)N2CC(=O)NCC2=O)c1. The van der Waals surface area contributed by atoms with Gasteiger partial charge in [0.05, 0.1) is 19.0 Å². The summed E-state index contributed by atoms with van der Waals surface area (Å²) in [5.74, 6) is -2.50. The van der Waals surface area contributed by atoms with E-state index < -0.39 is 35.6 Å². The van der Waals surface area contributed by atoms with Gasteiger partial charge in [-0.3, -0.25) is 24.0 Å². The van der Waals surface area contributed by atoms with Crippen LogP contribution in [-0.4, -0.2) is 63.5 Å². The van der Waals surface area contributed by atoms with Crippen molar-refractivity contribution in [2.45, 2.75) is 52.6 Å². The van der Waals surface area contributed by atoms with Gasteiger partial charge in [0.2, 0.25) is 29.4 Å². The lowest BCUT2D eigenvalue weighted by Gasteiger charge is -2.35. The van der Waals surface area contributed by atoms with Gasteiger partial charge >= 0.3 is 0 Å². The van der Waals surface area contributed by atoms with Crippen molar-refractivity contribution in [3.8, 4) is 0 Å². The van der Waals surface area contributed by atoms with Crippen molar-refractivity contribution in [1.82, 2.24) is 25.7 Å². The van der Waals surface area contributed by atoms with Crippen LogP contribution >= 0.6 is 0 Å². The van der Waals surface area contributed by atoms with Crippen molar-refractivity contribution in [3.63, 3.8) is 0 Å². The van der Waals surface area contributed by atoms with Gasteiger partial charge in [0.15, 0.2) is 0 Å². The average Bonchev–Trinajstić information content (AvgIpc) is 3.37. The lowest BCUT2D eigenvalue weighted by Crippen LogP contribution is -2.57. The number of piperazine rings is 1. The van der Waals surface area contributed by atoms with E-state index in [1.165, 1.54) is 11.8 Å². The van der Waals surface area contributed by atoms with E-state index in [0.29, 0.717) is 17.5 Å². The molecule has 2 unspecified atom stereocenters. The summed E-state index contributed by atoms with van der Waals surface area (Å²) >= 11 is 0. The molecule has 0 aliphatic carbocycles. The highest BCUT2D eigenvalue weighted by atomic mass is 16.4. The van der Waals surface area contributed by atoms with Crippen LogP contribution in [0.25, 0.3) is 0 Å². The number of nitrogens with zero attached hydrogens (tertiary/aromatic N) is 3. The van der Waals surface area contributed by atoms with Gasteiger partial charge in [-0.05, 0) is 36.5 Å². The highest BCUT2D eigenvalue weighted by Crippen LogP contribution is 2.25. The Morgan fingerprint density at radius 3 is 2.49 bits per heavy atom. The number of amides is 3. The van der Waals surface area contributed by atoms with Crippen LogP contribution in [0.1, 0.15) is 65.6 Å². The second kappa shape index (κ2) is 12.7. The van der Waals surface area contributed by atoms with Gasteiger partial charge in [-0.25, -0.2) is 0 Å². The highest BCUT2D eigenvalue weighted by Gasteiger charge is 2.38. The maximum absolute atomic E-state index is 13.8. The molecule has 1 saturated heterocycles. The second-order valence-electron chi connectivity index (χ2n) is 10.6. The summed E-state index contributed by atoms with van der Waals surface area (Å²) in [6.07, 6.45) is 0.490. The van der Waals surface area contributed by atoms with Crippen LogP contribution in [0.2, 0.25) is 0 Å². The fourth-order valence-corrected chi connectivity index (χ4v) is 4.76. The van der Waals surface area contributed by atoms with Gasteiger partial charge in [-0.1, -0.05) is 67.9 Å². The quantitative estimate of drug-likeness (QED) is 0.339. The van der Waals surface area contributed by atoms with Crippen molar-refractivity contribution in [3.05, 3.63) is 82.6 Å². The smallest absolute Gasteiger partial charge is 0.286 e. The Bertz CT molecular complexity index is 1480. The van der Waals surface area contributed by atoms with E-state index in [-0.39, 0.29) is 43.0 Å². The number of hydrogen-bond donors (Lipinski definition) is 2. The Morgan fingerprint density at radius 2 is 1.78 bits per heavy atom. The lowest BCUT2D eigenvalue weighted by molar-refractivity contribution is -0.147. The van der Waals surface area contributed by atoms with Crippen LogP contribution in [0.4, 0.5) is 0 Å². The predicted octanol–water partition coefficient (Wildman–Crippen LogP) is 2.12. The summed E-state index contributed by atoms with van der Waals surface area (Å²) in [4.78, 5) is 65.3. The molecule has 2 aromatic carbocycles. The number of aryl methyl sites for hydroxylation is 1. The first kappa shape index (κ1) is 29.3. The van der Waals surface area contributed by atoms with Crippen LogP contribution in [0.5, 0.6) is 0 Å². The molecule has 0 bridgehead atoms. The minimum Gasteiger partial charge on any atom is -0.418 e. The first-order valence-electron chi connectivity index (χ1n) is 13.4. The van der Waals surface area contributed by atoms with Crippen LogP contribution in [-0.2, 0) is 32.0 Å². The van der Waals surface area contributed by atoms with Crippen LogP contribution in [0, 0.1) is 12.8 Å². The Balaban J connectivity index is 1.60. The molecule has 2 N–H and O–H groups in total. The summed E-state index contributed by atoms with van der Waals surface area (Å²) in [6.45, 7) is 6.36. The third-order valence-electron chi connectivity index (χ3n) is 6.71. The first-order chi connectivity index (χ1) is 19.5. The van der Waals surface area contributed by atoms with Crippen molar-refractivity contribution >= 4 is 29.3 Å². The molecule has 4 rings (SSSR count). The zero-order valence-electron chi connectivity index (χ0n) is 23.5. The maximum Gasteiger partial charge on any atom is 0.286 e. The standard InChI is InChI=1S/C30H33N5O6/c1-17(2)26(28(39)30-34-33-24(41-30)14-20-8-5-7-18(3)11-20)32-29(40)27(35-16-23(37)31-15-25(35)38)22-10-6-9-21(13-22)12-19(4)36/h5-11,13,17,26-27H,12,14-16H2,1-4H3,(H,31,37)(H,32,40). The molecule has 214 valence electrons. The number of benzene rings is 2. The lowest BCUT2D eigenvalue weighted by atomic mass is 9.96. The van der Waals surface area contributed by atoms with Crippen LogP contribution in [0.3, 0.4) is 0 Å². The van der Waals surface area contributed by atoms with Crippen LogP contribution < -0.4 is 10.6 Å². The fraction of sp³-hybridized carbons (Fsp3) is 0.367. The molecule has 2 heterocycles. The van der Waals surface area contributed by atoms with E-state index in [4.69, 9.17) is 4.42 Å². The summed E-state index contributed by atoms with van der Waals surface area (Å²) < 4.78 is 5.67. The molecule has 0 saturated carbocycles. The molecule has 1 fully saturated rings. The zero-order valence-corrected chi connectivity index (χ0v) is 23.5. The van der Waals surface area contributed by atoms with E-state index >= 15 is 0 Å². The van der Waals surface area contributed by atoms with E-state index in [1.54, 1.807) is 38.1 Å². The predicted molar refractivity (Wildman–Crippen MR) is 148 cm³/mol. The number of carbonyl (C=O) groups is 5. The Morgan fingerprint density at radius 1 is 1.05 bits per heavy atom. The highest BCUT2D eigenvalue weighted by molar-refractivity contribution is 6.01. The van der Waals surface area contributed by atoms with Gasteiger partial charge in [-0.2, -0.15) is 0 Å². The van der Waals surface area contributed by atoms with E-state index in [2.05, 4.69) is 20.8 Å². The summed E-state index contributed by atoms with van der Waals surface area (Å²) in [5.41, 5.74) is 3.10. The molecule has 0 spiro atoms. The molecule has 0 radical (unpaired) electrons. The van der Waals surface area contributed by atoms with E-state index in [9.17, 15) is 24.0 Å². The third kappa shape index (κ3) is 7.30. The number of aromatic nitrogens is 2. The van der Waals surface area contributed by atoms with Gasteiger partial charge < -0.3 is 20.0 Å². The minimum atomic E-state index is -1.21. The number of nitrogens with one attached hydrogen (secondary N) is 2. The van der Waals surface area contributed by atoms with Crippen LogP contribution in [0.15, 0.2) is 52.9 Å². The Kier molecular flexibility index (Phi) is 9.06. The largest absolute Gasteiger partial charge is 0.418 e. The molecule has 41 heavy (non-hydrogen) atoms. The van der Waals surface area contributed by atoms with Gasteiger partial charge in [-0.15, -0.1) is 10.2 Å². The molecule has 2 atom stereocenters. The van der Waals surface area contributed by atoms with Gasteiger partial charge in [0, 0.05) is 6.42 Å². The van der Waals surface area contributed by atoms with Crippen molar-refractivity contribution < 1.29 is 28.4 Å². The zero-order chi connectivity index (χ0) is 29.7. The molecule has 1 aliphatic rings. The van der Waals surface area contributed by atoms with E-state index in [0.717, 1.165) is 11.1 Å².